The number of benzene rings is 8. The molecule has 0 saturated carbocycles. The molecular formula is C58H43N4OPt-3. The van der Waals surface area contributed by atoms with Gasteiger partial charge in [-0.05, 0) is 57.3 Å². The van der Waals surface area contributed by atoms with Crippen LogP contribution in [0.5, 0.6) is 11.5 Å². The van der Waals surface area contributed by atoms with Crippen molar-refractivity contribution in [2.45, 2.75) is 26.2 Å². The van der Waals surface area contributed by atoms with Crippen molar-refractivity contribution < 1.29 is 28.5 Å². The molecule has 0 fully saturated rings. The maximum Gasteiger partial charge on any atom is 0.135 e. The summed E-state index contributed by atoms with van der Waals surface area (Å²) in [6, 6.07) is 71.3. The van der Waals surface area contributed by atoms with E-state index in [0.717, 1.165) is 72.4 Å². The molecule has 2 aromatic heterocycles. The largest absolute Gasteiger partial charge is 0.509 e. The summed E-state index contributed by atoms with van der Waals surface area (Å²) in [6.07, 6.45) is 0.121. The summed E-state index contributed by atoms with van der Waals surface area (Å²) in [5.41, 5.74) is 11.9. The first-order valence-corrected chi connectivity index (χ1v) is 21.2. The average Bonchev–Trinajstić information content (AvgIpc) is 3.88. The number of nitrogens with zero attached hydrogens (tertiary/aromatic N) is 4. The normalized spacial score (nSPS) is 12.8. The molecule has 1 aliphatic rings. The Morgan fingerprint density at radius 3 is 1.77 bits per heavy atom. The molecule has 0 atom stereocenters. The van der Waals surface area contributed by atoms with E-state index in [1.807, 2.05) is 83.4 Å². The van der Waals surface area contributed by atoms with Gasteiger partial charge in [-0.15, -0.1) is 48.1 Å². The van der Waals surface area contributed by atoms with Crippen molar-refractivity contribution in [3.05, 3.63) is 225 Å². The second kappa shape index (κ2) is 16.8. The average molecular weight is 1010 g/mol. The summed E-state index contributed by atoms with van der Waals surface area (Å²) in [7, 11) is 0. The minimum atomic E-state index is -0.451. The molecule has 8 aromatic carbocycles. The molecule has 0 spiro atoms. The molecule has 0 radical (unpaired) electrons. The third-order valence-corrected chi connectivity index (χ3v) is 11.7. The van der Waals surface area contributed by atoms with Crippen LogP contribution in [0.25, 0.3) is 61.0 Å². The van der Waals surface area contributed by atoms with Crippen molar-refractivity contribution >= 4 is 44.6 Å². The van der Waals surface area contributed by atoms with Crippen LogP contribution in [0.1, 0.15) is 29.1 Å². The van der Waals surface area contributed by atoms with E-state index in [0.29, 0.717) is 28.4 Å². The van der Waals surface area contributed by atoms with Crippen LogP contribution in [0.15, 0.2) is 200 Å². The van der Waals surface area contributed by atoms with Crippen molar-refractivity contribution in [2.75, 3.05) is 9.80 Å². The van der Waals surface area contributed by atoms with Crippen molar-refractivity contribution in [1.29, 1.82) is 0 Å². The Balaban J connectivity index is 0.00000511. The summed E-state index contributed by atoms with van der Waals surface area (Å²) in [4.78, 5) is 9.34. The number of ether oxygens (including phenoxy) is 1. The van der Waals surface area contributed by atoms with Crippen LogP contribution in [0.4, 0.5) is 22.7 Å². The Morgan fingerprint density at radius 1 is 0.547 bits per heavy atom. The molecule has 0 N–H and O–H groups in total. The number of fused-ring (bicyclic) bond motifs is 4. The van der Waals surface area contributed by atoms with E-state index in [4.69, 9.17) is 9.72 Å². The van der Waals surface area contributed by atoms with Crippen LogP contribution in [-0.2, 0) is 26.5 Å². The van der Waals surface area contributed by atoms with Gasteiger partial charge in [0.25, 0.3) is 0 Å². The molecule has 5 nitrogen and oxygen atoms in total. The first-order chi connectivity index (χ1) is 31.7. The second-order valence-electron chi connectivity index (χ2n) is 16.8. The topological polar surface area (TPSA) is 33.5 Å². The van der Waals surface area contributed by atoms with Crippen LogP contribution in [0.2, 0.25) is 0 Å². The summed E-state index contributed by atoms with van der Waals surface area (Å²) in [6.45, 7) is 8.41. The number of aromatic nitrogens is 2. The van der Waals surface area contributed by atoms with Gasteiger partial charge in [0.2, 0.25) is 0 Å². The summed E-state index contributed by atoms with van der Waals surface area (Å²) < 4.78 is 27.7. The van der Waals surface area contributed by atoms with E-state index in [2.05, 4.69) is 159 Å². The predicted octanol–water partition coefficient (Wildman–Crippen LogP) is 15.3. The fourth-order valence-electron chi connectivity index (χ4n) is 8.74. The zero-order chi connectivity index (χ0) is 44.2. The number of rotatable bonds is 8. The van der Waals surface area contributed by atoms with E-state index in [1.54, 1.807) is 0 Å². The van der Waals surface area contributed by atoms with E-state index < -0.39 is 5.41 Å². The Bertz CT molecular complexity index is 3350. The van der Waals surface area contributed by atoms with Crippen LogP contribution < -0.4 is 14.5 Å². The van der Waals surface area contributed by atoms with Crippen LogP contribution in [-0.4, -0.2) is 9.55 Å². The molecule has 0 aliphatic carbocycles. The molecule has 0 amide bonds. The minimum Gasteiger partial charge on any atom is -0.509 e. The molecule has 10 aromatic rings. The maximum absolute atomic E-state index is 9.76. The molecule has 6 heteroatoms. The van der Waals surface area contributed by atoms with Gasteiger partial charge in [0, 0.05) is 78.0 Å². The van der Waals surface area contributed by atoms with E-state index in [1.165, 1.54) is 0 Å². The zero-order valence-corrected chi connectivity index (χ0v) is 37.8. The standard InChI is InChI=1S/C58H43N4O.Pt/c1-58(2,3)51-37-56(59-38-50(51)42-23-11-6-12-24-42)62-52-30-14-13-27-48(52)49-34-33-45(36-55(49)62)63-44-26-17-25-43(35-44)60-39-61(54-32-16-15-31-53(54)60)57-46(40-19-7-4-8-20-40)28-18-29-47(57)41-21-9-5-10-22-41;/h4-34,37-39H,1-3H3;/q-3;/i37D,38D;. The van der Waals surface area contributed by atoms with Crippen molar-refractivity contribution in [3.8, 4) is 50.7 Å². The van der Waals surface area contributed by atoms with E-state index in [-0.39, 0.29) is 33.3 Å². The number of anilines is 4. The Kier molecular flexibility index (Phi) is 10.1. The summed E-state index contributed by atoms with van der Waals surface area (Å²) >= 11 is 0. The fraction of sp³-hybridized carbons (Fsp3) is 0.0690. The van der Waals surface area contributed by atoms with Gasteiger partial charge in [0.05, 0.1) is 2.74 Å². The minimum absolute atomic E-state index is 0. The monoisotopic (exact) mass is 1010 g/mol. The first-order valence-electron chi connectivity index (χ1n) is 22.2. The zero-order valence-electron chi connectivity index (χ0n) is 37.5. The van der Waals surface area contributed by atoms with Gasteiger partial charge in [0.15, 0.2) is 0 Å². The van der Waals surface area contributed by atoms with E-state index in [9.17, 15) is 2.74 Å². The Hall–Kier alpha value is -7.20. The number of pyridine rings is 1. The third-order valence-electron chi connectivity index (χ3n) is 11.7. The van der Waals surface area contributed by atoms with Crippen LogP contribution in [0.3, 0.4) is 0 Å². The SMILES string of the molecule is [2H]c1nc(-n2c3[c-]c(Oc4[c-]c(N5[CH-]N(c6c(-c7ccccc7)cccc6-c6ccccc6)c6ccccc65)ccc4)ccc3c3ccccc32)c([2H])c(C(C)(C)C)c1-c1ccccc1.[Pt]. The summed E-state index contributed by atoms with van der Waals surface area (Å²) in [5.74, 6) is 1.39. The maximum atomic E-state index is 9.76. The quantitative estimate of drug-likeness (QED) is 0.142. The molecule has 11 rings (SSSR count). The molecule has 0 bridgehead atoms. The van der Waals surface area contributed by atoms with Gasteiger partial charge in [-0.25, -0.2) is 4.98 Å². The van der Waals surface area contributed by atoms with E-state index >= 15 is 0 Å². The second-order valence-corrected chi connectivity index (χ2v) is 16.8. The van der Waals surface area contributed by atoms with Crippen LogP contribution in [0, 0.1) is 18.8 Å². The van der Waals surface area contributed by atoms with Gasteiger partial charge in [-0.1, -0.05) is 166 Å². The van der Waals surface area contributed by atoms with Crippen molar-refractivity contribution in [3.63, 3.8) is 0 Å². The summed E-state index contributed by atoms with van der Waals surface area (Å²) in [5, 5.41) is 1.94. The molecule has 0 saturated heterocycles. The molecule has 0 unspecified atom stereocenters. The van der Waals surface area contributed by atoms with Gasteiger partial charge in [-0.3, -0.25) is 0 Å². The number of hydrogen-bond donors (Lipinski definition) is 0. The van der Waals surface area contributed by atoms with Gasteiger partial charge in [0.1, 0.15) is 5.82 Å². The van der Waals surface area contributed by atoms with Crippen LogP contribution >= 0.6 is 0 Å². The molecular weight excluding hydrogens is 964 g/mol. The van der Waals surface area contributed by atoms with Crippen molar-refractivity contribution in [2.24, 2.45) is 0 Å². The Labute approximate surface area is 391 Å². The number of hydrogen-bond acceptors (Lipinski definition) is 4. The predicted molar refractivity (Wildman–Crippen MR) is 259 cm³/mol. The smallest absolute Gasteiger partial charge is 0.135 e. The third kappa shape index (κ3) is 7.36. The molecule has 3 heterocycles. The number of para-hydroxylation sites is 4. The van der Waals surface area contributed by atoms with Gasteiger partial charge < -0.3 is 19.1 Å². The van der Waals surface area contributed by atoms with Crippen molar-refractivity contribution in [1.82, 2.24) is 9.55 Å². The van der Waals surface area contributed by atoms with Gasteiger partial charge >= 0.3 is 0 Å². The molecule has 314 valence electrons. The Morgan fingerprint density at radius 2 is 1.11 bits per heavy atom. The van der Waals surface area contributed by atoms with Gasteiger partial charge in [-0.2, -0.15) is 12.1 Å². The first kappa shape index (κ1) is 38.5. The molecule has 1 aliphatic heterocycles. The molecule has 64 heavy (non-hydrogen) atoms. The fourth-order valence-corrected chi connectivity index (χ4v) is 8.74.